The minimum atomic E-state index is -2.87. The summed E-state index contributed by atoms with van der Waals surface area (Å²) < 4.78 is 29.2. The molecule has 0 N–H and O–H groups in total. The van der Waals surface area contributed by atoms with Crippen molar-refractivity contribution in [2.75, 3.05) is 44.3 Å². The van der Waals surface area contributed by atoms with E-state index in [1.807, 2.05) is 29.2 Å². The lowest BCUT2D eigenvalue weighted by atomic mass is 10.1. The molecule has 7 heteroatoms. The highest BCUT2D eigenvalue weighted by Crippen LogP contribution is 2.30. The van der Waals surface area contributed by atoms with Crippen molar-refractivity contribution in [2.24, 2.45) is 5.92 Å². The molecule has 6 nitrogen and oxygen atoms in total. The second kappa shape index (κ2) is 7.19. The van der Waals surface area contributed by atoms with Gasteiger partial charge in [0.1, 0.15) is 5.75 Å². The second-order valence-electron chi connectivity index (χ2n) is 7.64. The molecule has 0 bridgehead atoms. The van der Waals surface area contributed by atoms with E-state index in [9.17, 15) is 13.2 Å². The summed E-state index contributed by atoms with van der Waals surface area (Å²) in [5.41, 5.74) is 0.630. The lowest BCUT2D eigenvalue weighted by molar-refractivity contribution is 0.0583. The van der Waals surface area contributed by atoms with Crippen LogP contribution in [-0.4, -0.2) is 74.5 Å². The number of piperazine rings is 1. The standard InChI is InChI=1S/C19H26N2O4S/c22-19(17-3-1-2-4-18(17)25-13-15-5-6-15)21-10-8-20(9-11-21)16-7-12-26(23,24)14-16/h1-4,15-16H,5-14H2. The summed E-state index contributed by atoms with van der Waals surface area (Å²) in [6, 6.07) is 7.59. The highest BCUT2D eigenvalue weighted by Gasteiger charge is 2.34. The van der Waals surface area contributed by atoms with E-state index in [-0.39, 0.29) is 17.7 Å². The number of hydrogen-bond donors (Lipinski definition) is 0. The Hall–Kier alpha value is -1.60. The van der Waals surface area contributed by atoms with Crippen LogP contribution in [0.2, 0.25) is 0 Å². The Morgan fingerprint density at radius 2 is 1.81 bits per heavy atom. The normalized spacial score (nSPS) is 26.0. The monoisotopic (exact) mass is 378 g/mol. The molecule has 4 rings (SSSR count). The SMILES string of the molecule is O=C(c1ccccc1OCC1CC1)N1CCN(C2CCS(=O)(=O)C2)CC1. The van der Waals surface area contributed by atoms with Crippen LogP contribution in [0.15, 0.2) is 24.3 Å². The van der Waals surface area contributed by atoms with Crippen molar-refractivity contribution in [3.63, 3.8) is 0 Å². The molecule has 2 saturated heterocycles. The number of para-hydroxylation sites is 1. The minimum absolute atomic E-state index is 0.00934. The first-order valence-corrected chi connectivity index (χ1v) is 11.3. The van der Waals surface area contributed by atoms with Gasteiger partial charge in [0.25, 0.3) is 5.91 Å². The fraction of sp³-hybridized carbons (Fsp3) is 0.632. The van der Waals surface area contributed by atoms with Crippen LogP contribution < -0.4 is 4.74 Å². The molecule has 3 aliphatic rings. The predicted molar refractivity (Wildman–Crippen MR) is 99.2 cm³/mol. The van der Waals surface area contributed by atoms with Crippen molar-refractivity contribution >= 4 is 15.7 Å². The van der Waals surface area contributed by atoms with E-state index in [1.54, 1.807) is 0 Å². The number of amides is 1. The highest BCUT2D eigenvalue weighted by molar-refractivity contribution is 7.91. The van der Waals surface area contributed by atoms with Gasteiger partial charge in [-0.1, -0.05) is 12.1 Å². The lowest BCUT2D eigenvalue weighted by Crippen LogP contribution is -2.52. The van der Waals surface area contributed by atoms with E-state index >= 15 is 0 Å². The van der Waals surface area contributed by atoms with Gasteiger partial charge in [0.15, 0.2) is 9.84 Å². The number of benzene rings is 1. The molecular weight excluding hydrogens is 352 g/mol. The Bertz CT molecular complexity index is 767. The average Bonchev–Trinajstić information content (AvgIpc) is 3.41. The van der Waals surface area contributed by atoms with Crippen LogP contribution >= 0.6 is 0 Å². The summed E-state index contributed by atoms with van der Waals surface area (Å²) in [5.74, 6) is 1.88. The first-order valence-electron chi connectivity index (χ1n) is 9.47. The first-order chi connectivity index (χ1) is 12.5. The molecular formula is C19H26N2O4S. The maximum Gasteiger partial charge on any atom is 0.257 e. The number of sulfone groups is 1. The maximum absolute atomic E-state index is 12.9. The molecule has 0 aromatic heterocycles. The van der Waals surface area contributed by atoms with Crippen LogP contribution in [-0.2, 0) is 9.84 Å². The van der Waals surface area contributed by atoms with Gasteiger partial charge in [-0.05, 0) is 37.3 Å². The van der Waals surface area contributed by atoms with E-state index < -0.39 is 9.84 Å². The third-order valence-corrected chi connectivity index (χ3v) is 7.37. The Kier molecular flexibility index (Phi) is 4.92. The lowest BCUT2D eigenvalue weighted by Gasteiger charge is -2.37. The fourth-order valence-corrected chi connectivity index (χ4v) is 5.55. The molecule has 2 aliphatic heterocycles. The van der Waals surface area contributed by atoms with Crippen LogP contribution in [0.5, 0.6) is 5.75 Å². The molecule has 3 fully saturated rings. The van der Waals surface area contributed by atoms with Crippen molar-refractivity contribution in [3.05, 3.63) is 29.8 Å². The Morgan fingerprint density at radius 1 is 1.08 bits per heavy atom. The van der Waals surface area contributed by atoms with Crippen LogP contribution in [0.1, 0.15) is 29.6 Å². The van der Waals surface area contributed by atoms with Crippen LogP contribution in [0, 0.1) is 5.92 Å². The molecule has 0 radical (unpaired) electrons. The van der Waals surface area contributed by atoms with Gasteiger partial charge in [0, 0.05) is 32.2 Å². The molecule has 1 unspecified atom stereocenters. The van der Waals surface area contributed by atoms with E-state index in [4.69, 9.17) is 4.74 Å². The van der Waals surface area contributed by atoms with Crippen molar-refractivity contribution in [1.29, 1.82) is 0 Å². The summed E-state index contributed by atoms with van der Waals surface area (Å²) >= 11 is 0. The largest absolute Gasteiger partial charge is 0.492 e. The second-order valence-corrected chi connectivity index (χ2v) is 9.86. The Labute approximate surface area is 155 Å². The molecule has 1 aliphatic carbocycles. The molecule has 1 saturated carbocycles. The molecule has 1 aromatic rings. The summed E-state index contributed by atoms with van der Waals surface area (Å²) in [6.07, 6.45) is 3.15. The van der Waals surface area contributed by atoms with Gasteiger partial charge in [0.05, 0.1) is 23.7 Å². The maximum atomic E-state index is 12.9. The Morgan fingerprint density at radius 3 is 2.46 bits per heavy atom. The van der Waals surface area contributed by atoms with E-state index in [2.05, 4.69) is 4.90 Å². The van der Waals surface area contributed by atoms with Crippen molar-refractivity contribution in [2.45, 2.75) is 25.3 Å². The summed E-state index contributed by atoms with van der Waals surface area (Å²) in [7, 11) is -2.87. The van der Waals surface area contributed by atoms with Crippen LogP contribution in [0.25, 0.3) is 0 Å². The molecule has 1 aromatic carbocycles. The molecule has 2 heterocycles. The molecule has 142 valence electrons. The average molecular weight is 378 g/mol. The number of nitrogens with zero attached hydrogens (tertiary/aromatic N) is 2. The smallest absolute Gasteiger partial charge is 0.257 e. The number of rotatable bonds is 5. The zero-order chi connectivity index (χ0) is 18.1. The molecule has 1 amide bonds. The van der Waals surface area contributed by atoms with Crippen molar-refractivity contribution in [3.8, 4) is 5.75 Å². The third-order valence-electron chi connectivity index (χ3n) is 5.62. The van der Waals surface area contributed by atoms with Gasteiger partial charge in [-0.2, -0.15) is 0 Å². The third kappa shape index (κ3) is 4.04. The quantitative estimate of drug-likeness (QED) is 0.775. The van der Waals surface area contributed by atoms with Crippen molar-refractivity contribution < 1.29 is 17.9 Å². The number of carbonyl (C=O) groups is 1. The highest BCUT2D eigenvalue weighted by atomic mass is 32.2. The molecule has 26 heavy (non-hydrogen) atoms. The van der Waals surface area contributed by atoms with E-state index in [0.717, 1.165) is 13.1 Å². The zero-order valence-corrected chi connectivity index (χ0v) is 15.8. The summed E-state index contributed by atoms with van der Waals surface area (Å²) in [6.45, 7) is 3.42. The van der Waals surface area contributed by atoms with E-state index in [0.29, 0.717) is 49.1 Å². The predicted octanol–water partition coefficient (Wildman–Crippen LogP) is 1.42. The van der Waals surface area contributed by atoms with Gasteiger partial charge >= 0.3 is 0 Å². The first kappa shape index (κ1) is 17.8. The van der Waals surface area contributed by atoms with Gasteiger partial charge in [0.2, 0.25) is 0 Å². The topological polar surface area (TPSA) is 66.9 Å². The Balaban J connectivity index is 1.36. The molecule has 0 spiro atoms. The summed E-state index contributed by atoms with van der Waals surface area (Å²) in [4.78, 5) is 17.0. The minimum Gasteiger partial charge on any atom is -0.492 e. The van der Waals surface area contributed by atoms with Gasteiger partial charge in [-0.25, -0.2) is 8.42 Å². The van der Waals surface area contributed by atoms with Crippen LogP contribution in [0.4, 0.5) is 0 Å². The van der Waals surface area contributed by atoms with Crippen LogP contribution in [0.3, 0.4) is 0 Å². The van der Waals surface area contributed by atoms with Gasteiger partial charge < -0.3 is 9.64 Å². The fourth-order valence-electron chi connectivity index (χ4n) is 3.79. The number of ether oxygens (including phenoxy) is 1. The zero-order valence-electron chi connectivity index (χ0n) is 15.0. The summed E-state index contributed by atoms with van der Waals surface area (Å²) in [5, 5.41) is 0. The van der Waals surface area contributed by atoms with Crippen molar-refractivity contribution in [1.82, 2.24) is 9.80 Å². The van der Waals surface area contributed by atoms with Gasteiger partial charge in [-0.3, -0.25) is 9.69 Å². The molecule has 1 atom stereocenters. The number of carbonyl (C=O) groups excluding carboxylic acids is 1. The number of hydrogen-bond acceptors (Lipinski definition) is 5. The van der Waals surface area contributed by atoms with E-state index in [1.165, 1.54) is 12.8 Å². The van der Waals surface area contributed by atoms with Gasteiger partial charge in [-0.15, -0.1) is 0 Å².